The molecule has 1 aromatic rings. The maximum absolute atomic E-state index is 11.6. The van der Waals surface area contributed by atoms with Gasteiger partial charge >= 0.3 is 0 Å². The first-order valence-corrected chi connectivity index (χ1v) is 8.07. The Morgan fingerprint density at radius 1 is 1.35 bits per heavy atom. The number of rotatable bonds is 7. The van der Waals surface area contributed by atoms with E-state index in [1.807, 2.05) is 0 Å². The van der Waals surface area contributed by atoms with Crippen LogP contribution in [0.5, 0.6) is 0 Å². The van der Waals surface area contributed by atoms with E-state index in [0.717, 1.165) is 0 Å². The zero-order valence-electron chi connectivity index (χ0n) is 11.2. The van der Waals surface area contributed by atoms with E-state index in [1.54, 1.807) is 14.0 Å². The molecule has 112 valence electrons. The second-order valence-electron chi connectivity index (χ2n) is 4.01. The van der Waals surface area contributed by atoms with Gasteiger partial charge in [-0.25, -0.2) is 8.42 Å². The van der Waals surface area contributed by atoms with Gasteiger partial charge in [-0.3, -0.25) is 4.79 Å². The number of halogens is 1. The fourth-order valence-electron chi connectivity index (χ4n) is 1.42. The average Bonchev–Trinajstić information content (AvgIpc) is 2.36. The molecule has 0 saturated carbocycles. The van der Waals surface area contributed by atoms with Crippen LogP contribution in [0.1, 0.15) is 5.56 Å². The summed E-state index contributed by atoms with van der Waals surface area (Å²) in [4.78, 5) is 11.6. The largest absolute Gasteiger partial charge is 0.382 e. The highest BCUT2D eigenvalue weighted by molar-refractivity contribution is 8.13. The maximum Gasteiger partial charge on any atom is 0.261 e. The lowest BCUT2D eigenvalue weighted by molar-refractivity contribution is -0.121. The Balaban J connectivity index is 2.63. The van der Waals surface area contributed by atoms with Crippen molar-refractivity contribution in [2.45, 2.75) is 11.8 Å². The number of hydrogen-bond donors (Lipinski definition) is 1. The van der Waals surface area contributed by atoms with E-state index in [1.165, 1.54) is 18.2 Å². The van der Waals surface area contributed by atoms with Gasteiger partial charge in [0.2, 0.25) is 5.91 Å². The third kappa shape index (κ3) is 5.46. The van der Waals surface area contributed by atoms with Crippen LogP contribution in [0.2, 0.25) is 0 Å². The molecular formula is C12H16ClNO5S. The highest BCUT2D eigenvalue weighted by Crippen LogP contribution is 2.22. The first-order chi connectivity index (χ1) is 9.34. The molecule has 0 fully saturated rings. The van der Waals surface area contributed by atoms with Crippen molar-refractivity contribution < 1.29 is 22.7 Å². The standard InChI is InChI=1S/C12H16ClNO5S/c1-9-7-10(20(13,16)17)3-4-11(9)14-12(15)8-19-6-5-18-2/h3-4,7H,5-6,8H2,1-2H3,(H,14,15). The smallest absolute Gasteiger partial charge is 0.261 e. The number of methoxy groups -OCH3 is 1. The number of aryl methyl sites for hydroxylation is 1. The third-order valence-corrected chi connectivity index (χ3v) is 3.77. The van der Waals surface area contributed by atoms with E-state index in [4.69, 9.17) is 20.2 Å². The van der Waals surface area contributed by atoms with Gasteiger partial charge in [-0.2, -0.15) is 0 Å². The van der Waals surface area contributed by atoms with Crippen molar-refractivity contribution in [3.8, 4) is 0 Å². The van der Waals surface area contributed by atoms with Gasteiger partial charge in [0.25, 0.3) is 9.05 Å². The molecule has 6 nitrogen and oxygen atoms in total. The van der Waals surface area contributed by atoms with E-state index in [2.05, 4.69) is 5.32 Å². The highest BCUT2D eigenvalue weighted by Gasteiger charge is 2.12. The zero-order chi connectivity index (χ0) is 15.2. The predicted octanol–water partition coefficient (Wildman–Crippen LogP) is 1.52. The summed E-state index contributed by atoms with van der Waals surface area (Å²) in [5.41, 5.74) is 1.10. The molecular weight excluding hydrogens is 306 g/mol. The van der Waals surface area contributed by atoms with Gasteiger partial charge in [0.05, 0.1) is 18.1 Å². The molecule has 0 radical (unpaired) electrons. The van der Waals surface area contributed by atoms with Crippen LogP contribution in [0.15, 0.2) is 23.1 Å². The second kappa shape index (κ2) is 7.58. The van der Waals surface area contributed by atoms with Crippen LogP contribution in [0.25, 0.3) is 0 Å². The van der Waals surface area contributed by atoms with Crippen LogP contribution in [-0.4, -0.2) is 41.3 Å². The summed E-state index contributed by atoms with van der Waals surface area (Å²) in [7, 11) is 3.01. The van der Waals surface area contributed by atoms with Crippen molar-refractivity contribution in [3.05, 3.63) is 23.8 Å². The Morgan fingerprint density at radius 2 is 2.05 bits per heavy atom. The summed E-state index contributed by atoms with van der Waals surface area (Å²) in [5.74, 6) is -0.328. The summed E-state index contributed by atoms with van der Waals surface area (Å²) in [5, 5.41) is 2.62. The first-order valence-electron chi connectivity index (χ1n) is 5.76. The number of hydrogen-bond acceptors (Lipinski definition) is 5. The maximum atomic E-state index is 11.6. The quantitative estimate of drug-likeness (QED) is 0.608. The average molecular weight is 322 g/mol. The molecule has 0 saturated heterocycles. The highest BCUT2D eigenvalue weighted by atomic mass is 35.7. The molecule has 0 atom stereocenters. The monoisotopic (exact) mass is 321 g/mol. The molecule has 0 aliphatic heterocycles. The molecule has 0 spiro atoms. The van der Waals surface area contributed by atoms with Crippen molar-refractivity contribution in [2.24, 2.45) is 0 Å². The lowest BCUT2D eigenvalue weighted by Gasteiger charge is -2.09. The summed E-state index contributed by atoms with van der Waals surface area (Å²) in [6.07, 6.45) is 0. The van der Waals surface area contributed by atoms with Crippen LogP contribution in [-0.2, 0) is 23.3 Å². The number of anilines is 1. The van der Waals surface area contributed by atoms with Gasteiger partial charge in [-0.05, 0) is 30.7 Å². The van der Waals surface area contributed by atoms with Gasteiger partial charge in [0.1, 0.15) is 6.61 Å². The van der Waals surface area contributed by atoms with Crippen molar-refractivity contribution in [1.82, 2.24) is 0 Å². The lowest BCUT2D eigenvalue weighted by Crippen LogP contribution is -2.20. The predicted molar refractivity (Wildman–Crippen MR) is 75.5 cm³/mol. The fraction of sp³-hybridized carbons (Fsp3) is 0.417. The summed E-state index contributed by atoms with van der Waals surface area (Å²) < 4.78 is 32.2. The molecule has 0 bridgehead atoms. The molecule has 1 aromatic carbocycles. The van der Waals surface area contributed by atoms with E-state index in [9.17, 15) is 13.2 Å². The Hall–Kier alpha value is -1.15. The van der Waals surface area contributed by atoms with Crippen LogP contribution < -0.4 is 5.32 Å². The molecule has 1 amide bonds. The number of carbonyl (C=O) groups is 1. The Bertz CT molecular complexity index is 573. The summed E-state index contributed by atoms with van der Waals surface area (Å²) in [6.45, 7) is 2.31. The van der Waals surface area contributed by atoms with Crippen LogP contribution >= 0.6 is 10.7 Å². The zero-order valence-corrected chi connectivity index (χ0v) is 12.8. The van der Waals surface area contributed by atoms with Crippen LogP contribution in [0, 0.1) is 6.92 Å². The normalized spacial score (nSPS) is 11.3. The number of amides is 1. The minimum Gasteiger partial charge on any atom is -0.382 e. The van der Waals surface area contributed by atoms with Crippen LogP contribution in [0.3, 0.4) is 0 Å². The first kappa shape index (κ1) is 16.9. The Kier molecular flexibility index (Phi) is 6.41. The SMILES string of the molecule is COCCOCC(=O)Nc1ccc(S(=O)(=O)Cl)cc1C. The van der Waals surface area contributed by atoms with Gasteiger partial charge in [0, 0.05) is 23.5 Å². The molecule has 0 heterocycles. The molecule has 0 aliphatic rings. The topological polar surface area (TPSA) is 81.7 Å². The molecule has 0 aromatic heterocycles. The van der Waals surface area contributed by atoms with Gasteiger partial charge in [-0.15, -0.1) is 0 Å². The molecule has 1 N–H and O–H groups in total. The Morgan fingerprint density at radius 3 is 2.60 bits per heavy atom. The van der Waals surface area contributed by atoms with Gasteiger partial charge in [0.15, 0.2) is 0 Å². The number of carbonyl (C=O) groups excluding carboxylic acids is 1. The number of nitrogens with one attached hydrogen (secondary N) is 1. The molecule has 8 heteroatoms. The minimum absolute atomic E-state index is 0.00832. The van der Waals surface area contributed by atoms with E-state index < -0.39 is 9.05 Å². The van der Waals surface area contributed by atoms with Crippen molar-refractivity contribution in [2.75, 3.05) is 32.2 Å². The van der Waals surface area contributed by atoms with Crippen molar-refractivity contribution >= 4 is 31.3 Å². The number of benzene rings is 1. The third-order valence-electron chi connectivity index (χ3n) is 2.42. The minimum atomic E-state index is -3.77. The summed E-state index contributed by atoms with van der Waals surface area (Å²) >= 11 is 0. The van der Waals surface area contributed by atoms with E-state index in [-0.39, 0.29) is 17.4 Å². The Labute approximate surface area is 122 Å². The van der Waals surface area contributed by atoms with E-state index >= 15 is 0 Å². The van der Waals surface area contributed by atoms with Gasteiger partial charge in [-0.1, -0.05) is 0 Å². The fourth-order valence-corrected chi connectivity index (χ4v) is 2.26. The molecule has 20 heavy (non-hydrogen) atoms. The molecule has 0 aliphatic carbocycles. The molecule has 1 rings (SSSR count). The van der Waals surface area contributed by atoms with Crippen molar-refractivity contribution in [3.63, 3.8) is 0 Å². The van der Waals surface area contributed by atoms with Crippen LogP contribution in [0.4, 0.5) is 5.69 Å². The number of ether oxygens (including phenoxy) is 2. The van der Waals surface area contributed by atoms with E-state index in [0.29, 0.717) is 24.5 Å². The van der Waals surface area contributed by atoms with Gasteiger partial charge < -0.3 is 14.8 Å². The molecule has 0 unspecified atom stereocenters. The summed E-state index contributed by atoms with van der Waals surface area (Å²) in [6, 6.07) is 4.21. The van der Waals surface area contributed by atoms with Crippen molar-refractivity contribution in [1.29, 1.82) is 0 Å². The lowest BCUT2D eigenvalue weighted by atomic mass is 10.2. The second-order valence-corrected chi connectivity index (χ2v) is 6.57.